The Bertz CT molecular complexity index is 587. The van der Waals surface area contributed by atoms with E-state index < -0.39 is 14.9 Å². The average molecular weight is 300 g/mol. The number of hydrogen-bond donors (Lipinski definition) is 1. The van der Waals surface area contributed by atoms with Gasteiger partial charge in [0.05, 0.1) is 4.92 Å². The lowest BCUT2D eigenvalue weighted by Crippen LogP contribution is -2.42. The predicted molar refractivity (Wildman–Crippen MR) is 71.4 cm³/mol. The Morgan fingerprint density at radius 3 is 2.80 bits per heavy atom. The van der Waals surface area contributed by atoms with Gasteiger partial charge in [0.2, 0.25) is 0 Å². The molecule has 0 bridgehead atoms. The molecule has 1 fully saturated rings. The van der Waals surface area contributed by atoms with Gasteiger partial charge >= 0.3 is 0 Å². The van der Waals surface area contributed by atoms with Gasteiger partial charge in [-0.05, 0) is 31.4 Å². The van der Waals surface area contributed by atoms with Crippen LogP contribution >= 0.6 is 0 Å². The van der Waals surface area contributed by atoms with Crippen LogP contribution in [0, 0.1) is 16.0 Å². The van der Waals surface area contributed by atoms with Gasteiger partial charge in [-0.3, -0.25) is 10.1 Å². The van der Waals surface area contributed by atoms with E-state index in [0.29, 0.717) is 19.6 Å². The van der Waals surface area contributed by atoms with E-state index >= 15 is 0 Å². The van der Waals surface area contributed by atoms with Crippen LogP contribution in [0.1, 0.15) is 12.8 Å². The fourth-order valence-corrected chi connectivity index (χ4v) is 3.67. The maximum atomic E-state index is 12.4. The van der Waals surface area contributed by atoms with E-state index in [1.807, 2.05) is 0 Å². The molecule has 0 aromatic carbocycles. The summed E-state index contributed by atoms with van der Waals surface area (Å²) in [7, 11) is -3.70. The molecule has 1 aliphatic heterocycles. The van der Waals surface area contributed by atoms with E-state index in [1.165, 1.54) is 10.4 Å². The van der Waals surface area contributed by atoms with Crippen molar-refractivity contribution in [2.75, 3.05) is 19.6 Å². The third kappa shape index (κ3) is 2.94. The summed E-state index contributed by atoms with van der Waals surface area (Å²) in [4.78, 5) is 13.6. The Balaban J connectivity index is 2.23. The summed E-state index contributed by atoms with van der Waals surface area (Å²) in [5.41, 5.74) is 5.35. The molecule has 8 nitrogen and oxygen atoms in total. The molecule has 1 aromatic rings. The Morgan fingerprint density at radius 1 is 1.50 bits per heavy atom. The number of hydrogen-bond acceptors (Lipinski definition) is 6. The highest BCUT2D eigenvalue weighted by Crippen LogP contribution is 2.23. The van der Waals surface area contributed by atoms with Gasteiger partial charge in [-0.15, -0.1) is 0 Å². The fraction of sp³-hybridized carbons (Fsp3) is 0.545. The van der Waals surface area contributed by atoms with E-state index in [0.717, 1.165) is 25.1 Å². The van der Waals surface area contributed by atoms with Crippen molar-refractivity contribution in [3.8, 4) is 0 Å². The van der Waals surface area contributed by atoms with Crippen LogP contribution in [0.3, 0.4) is 0 Å². The van der Waals surface area contributed by atoms with E-state index in [1.54, 1.807) is 0 Å². The monoisotopic (exact) mass is 300 g/mol. The zero-order valence-electron chi connectivity index (χ0n) is 10.8. The summed E-state index contributed by atoms with van der Waals surface area (Å²) in [6.07, 6.45) is 2.63. The first kappa shape index (κ1) is 14.8. The van der Waals surface area contributed by atoms with Crippen LogP contribution in [0.2, 0.25) is 0 Å². The minimum atomic E-state index is -3.70. The Kier molecular flexibility index (Phi) is 4.31. The average Bonchev–Trinajstić information content (AvgIpc) is 2.47. The highest BCUT2D eigenvalue weighted by molar-refractivity contribution is 7.89. The summed E-state index contributed by atoms with van der Waals surface area (Å²) in [6.45, 7) is 1.24. The molecular weight excluding hydrogens is 284 g/mol. The second-order valence-electron chi connectivity index (χ2n) is 4.72. The van der Waals surface area contributed by atoms with Crippen LogP contribution in [0.15, 0.2) is 23.4 Å². The number of piperidine rings is 1. The van der Waals surface area contributed by atoms with E-state index in [4.69, 9.17) is 5.73 Å². The summed E-state index contributed by atoms with van der Waals surface area (Å²) in [5.74, 6) is 0.150. The SMILES string of the molecule is NCC1CCCN(S(=O)(=O)c2ccc([N+](=O)[O-])cn2)C1. The van der Waals surface area contributed by atoms with Gasteiger partial charge in [0.25, 0.3) is 15.7 Å². The molecule has 0 spiro atoms. The lowest BCUT2D eigenvalue weighted by molar-refractivity contribution is -0.385. The standard InChI is InChI=1S/C11H16N4O4S/c12-6-9-2-1-5-14(8-9)20(18,19)11-4-3-10(7-13-11)15(16)17/h3-4,7,9H,1-2,5-6,8,12H2. The van der Waals surface area contributed by atoms with Crippen molar-refractivity contribution in [1.29, 1.82) is 0 Å². The first-order valence-electron chi connectivity index (χ1n) is 6.26. The molecule has 2 heterocycles. The molecule has 1 aromatic heterocycles. The van der Waals surface area contributed by atoms with Crippen molar-refractivity contribution in [2.45, 2.75) is 17.9 Å². The van der Waals surface area contributed by atoms with Crippen molar-refractivity contribution >= 4 is 15.7 Å². The zero-order chi connectivity index (χ0) is 14.8. The number of aromatic nitrogens is 1. The van der Waals surface area contributed by atoms with Crippen LogP contribution < -0.4 is 5.73 Å². The van der Waals surface area contributed by atoms with Crippen molar-refractivity contribution in [1.82, 2.24) is 9.29 Å². The van der Waals surface area contributed by atoms with Crippen LogP contribution in [0.4, 0.5) is 5.69 Å². The molecule has 110 valence electrons. The van der Waals surface area contributed by atoms with Gasteiger partial charge in [-0.25, -0.2) is 13.4 Å². The lowest BCUT2D eigenvalue weighted by Gasteiger charge is -2.30. The highest BCUT2D eigenvalue weighted by Gasteiger charge is 2.30. The summed E-state index contributed by atoms with van der Waals surface area (Å²) in [6, 6.07) is 2.31. The maximum absolute atomic E-state index is 12.4. The number of nitrogens with zero attached hydrogens (tertiary/aromatic N) is 3. The number of sulfonamides is 1. The highest BCUT2D eigenvalue weighted by atomic mass is 32.2. The van der Waals surface area contributed by atoms with Crippen molar-refractivity contribution < 1.29 is 13.3 Å². The molecule has 0 radical (unpaired) electrons. The summed E-state index contributed by atoms with van der Waals surface area (Å²) < 4.78 is 26.1. The van der Waals surface area contributed by atoms with Crippen molar-refractivity contribution in [3.05, 3.63) is 28.4 Å². The van der Waals surface area contributed by atoms with Crippen LogP contribution in [0.25, 0.3) is 0 Å². The molecular formula is C11H16N4O4S. The van der Waals surface area contributed by atoms with E-state index in [-0.39, 0.29) is 16.6 Å². The summed E-state index contributed by atoms with van der Waals surface area (Å²) >= 11 is 0. The number of nitrogens with two attached hydrogens (primary N) is 1. The molecule has 1 saturated heterocycles. The van der Waals surface area contributed by atoms with Gasteiger partial charge < -0.3 is 5.73 Å². The smallest absolute Gasteiger partial charge is 0.287 e. The Labute approximate surface area is 116 Å². The van der Waals surface area contributed by atoms with Crippen molar-refractivity contribution in [2.24, 2.45) is 11.7 Å². The fourth-order valence-electron chi connectivity index (χ4n) is 2.20. The van der Waals surface area contributed by atoms with Gasteiger partial charge in [-0.2, -0.15) is 4.31 Å². The van der Waals surface area contributed by atoms with Gasteiger partial charge in [-0.1, -0.05) is 0 Å². The molecule has 0 aliphatic carbocycles. The Hall–Kier alpha value is -1.58. The molecule has 2 rings (SSSR count). The largest absolute Gasteiger partial charge is 0.330 e. The normalized spacial score (nSPS) is 20.8. The zero-order valence-corrected chi connectivity index (χ0v) is 11.6. The number of rotatable bonds is 4. The van der Waals surface area contributed by atoms with Crippen LogP contribution in [-0.4, -0.2) is 42.3 Å². The molecule has 20 heavy (non-hydrogen) atoms. The molecule has 9 heteroatoms. The second-order valence-corrected chi connectivity index (χ2v) is 6.60. The molecule has 1 atom stereocenters. The minimum absolute atomic E-state index is 0.150. The van der Waals surface area contributed by atoms with Gasteiger partial charge in [0, 0.05) is 19.2 Å². The quantitative estimate of drug-likeness (QED) is 0.633. The third-order valence-electron chi connectivity index (χ3n) is 3.35. The number of pyridine rings is 1. The number of nitro groups is 1. The molecule has 0 saturated carbocycles. The first-order chi connectivity index (χ1) is 9.45. The van der Waals surface area contributed by atoms with Crippen molar-refractivity contribution in [3.63, 3.8) is 0 Å². The third-order valence-corrected chi connectivity index (χ3v) is 5.13. The topological polar surface area (TPSA) is 119 Å². The summed E-state index contributed by atoms with van der Waals surface area (Å²) in [5, 5.41) is 10.4. The van der Waals surface area contributed by atoms with E-state index in [2.05, 4.69) is 4.98 Å². The Morgan fingerprint density at radius 2 is 2.25 bits per heavy atom. The molecule has 1 unspecified atom stereocenters. The lowest BCUT2D eigenvalue weighted by atomic mass is 10.0. The molecule has 1 aliphatic rings. The van der Waals surface area contributed by atoms with Crippen LogP contribution in [0.5, 0.6) is 0 Å². The second kappa shape index (κ2) is 5.81. The van der Waals surface area contributed by atoms with Crippen LogP contribution in [-0.2, 0) is 10.0 Å². The predicted octanol–water partition coefficient (Wildman–Crippen LogP) is 0.349. The molecule has 2 N–H and O–H groups in total. The minimum Gasteiger partial charge on any atom is -0.330 e. The maximum Gasteiger partial charge on any atom is 0.287 e. The van der Waals surface area contributed by atoms with E-state index in [9.17, 15) is 18.5 Å². The first-order valence-corrected chi connectivity index (χ1v) is 7.70. The van der Waals surface area contributed by atoms with Gasteiger partial charge in [0.1, 0.15) is 6.20 Å². The molecule has 0 amide bonds. The van der Waals surface area contributed by atoms with Gasteiger partial charge in [0.15, 0.2) is 5.03 Å².